The summed E-state index contributed by atoms with van der Waals surface area (Å²) in [7, 11) is 2.60. The Morgan fingerprint density at radius 2 is 1.87 bits per heavy atom. The highest BCUT2D eigenvalue weighted by atomic mass is 16.6. The molecular formula is C10H18O5. The number of ether oxygens (including phenoxy) is 3. The molecule has 0 aliphatic rings. The van der Waals surface area contributed by atoms with Crippen LogP contribution in [0.1, 0.15) is 26.2 Å². The van der Waals surface area contributed by atoms with E-state index in [1.165, 1.54) is 14.2 Å². The molecule has 0 rings (SSSR count). The molecule has 0 heterocycles. The molecule has 0 N–H and O–H groups in total. The summed E-state index contributed by atoms with van der Waals surface area (Å²) in [6.45, 7) is 2.41. The Balaban J connectivity index is 4.00. The van der Waals surface area contributed by atoms with Gasteiger partial charge in [0.15, 0.2) is 6.10 Å². The highest BCUT2D eigenvalue weighted by Gasteiger charge is 2.20. The van der Waals surface area contributed by atoms with Crippen LogP contribution in [0.4, 0.5) is 0 Å². The highest BCUT2D eigenvalue weighted by molar-refractivity contribution is 5.76. The van der Waals surface area contributed by atoms with E-state index in [0.717, 1.165) is 6.42 Å². The Labute approximate surface area is 89.7 Å². The normalized spacial score (nSPS) is 11.9. The van der Waals surface area contributed by atoms with Crippen molar-refractivity contribution in [3.63, 3.8) is 0 Å². The predicted molar refractivity (Wildman–Crippen MR) is 53.3 cm³/mol. The van der Waals surface area contributed by atoms with E-state index in [-0.39, 0.29) is 12.4 Å². The largest absolute Gasteiger partial charge is 0.469 e. The number of hydrogen-bond donors (Lipinski definition) is 0. The summed E-state index contributed by atoms with van der Waals surface area (Å²) in [5.74, 6) is -0.809. The van der Waals surface area contributed by atoms with Gasteiger partial charge in [0, 0.05) is 13.0 Å². The molecule has 0 radical (unpaired) electrons. The van der Waals surface area contributed by atoms with Gasteiger partial charge < -0.3 is 14.2 Å². The maximum atomic E-state index is 11.2. The van der Waals surface area contributed by atoms with Crippen LogP contribution < -0.4 is 0 Å². The fourth-order valence-corrected chi connectivity index (χ4v) is 1.01. The van der Waals surface area contributed by atoms with Crippen LogP contribution in [0.25, 0.3) is 0 Å². The number of hydrogen-bond acceptors (Lipinski definition) is 5. The third-order valence-electron chi connectivity index (χ3n) is 1.83. The molecule has 5 heteroatoms. The van der Waals surface area contributed by atoms with Crippen LogP contribution in [0.2, 0.25) is 0 Å². The average Bonchev–Trinajstić information content (AvgIpc) is 2.27. The van der Waals surface area contributed by atoms with Gasteiger partial charge in [0.25, 0.3) is 0 Å². The first kappa shape index (κ1) is 13.9. The molecular weight excluding hydrogens is 200 g/mol. The molecule has 0 saturated heterocycles. The van der Waals surface area contributed by atoms with Crippen molar-refractivity contribution < 1.29 is 23.8 Å². The Morgan fingerprint density at radius 3 is 2.33 bits per heavy atom. The summed E-state index contributed by atoms with van der Waals surface area (Å²) < 4.78 is 14.3. The molecule has 0 fully saturated rings. The minimum Gasteiger partial charge on any atom is -0.469 e. The van der Waals surface area contributed by atoms with E-state index in [1.54, 1.807) is 0 Å². The van der Waals surface area contributed by atoms with E-state index in [0.29, 0.717) is 13.0 Å². The van der Waals surface area contributed by atoms with E-state index in [4.69, 9.17) is 4.74 Å². The first-order chi connectivity index (χ1) is 7.15. The Kier molecular flexibility index (Phi) is 7.62. The Hall–Kier alpha value is -1.10. The van der Waals surface area contributed by atoms with Crippen molar-refractivity contribution in [1.29, 1.82) is 0 Å². The van der Waals surface area contributed by atoms with Gasteiger partial charge >= 0.3 is 11.9 Å². The predicted octanol–water partition coefficient (Wildman–Crippen LogP) is 0.908. The molecule has 15 heavy (non-hydrogen) atoms. The molecule has 5 nitrogen and oxygen atoms in total. The standard InChI is InChI=1S/C10H18O5/c1-4-7-15-8(10(12)14-3)5-6-9(11)13-2/h8H,4-7H2,1-3H3. The van der Waals surface area contributed by atoms with Crippen molar-refractivity contribution in [2.75, 3.05) is 20.8 Å². The fourth-order valence-electron chi connectivity index (χ4n) is 1.01. The molecule has 0 amide bonds. The Bertz CT molecular complexity index is 202. The van der Waals surface area contributed by atoms with Crippen molar-refractivity contribution in [2.45, 2.75) is 32.3 Å². The molecule has 88 valence electrons. The second-order valence-corrected chi connectivity index (χ2v) is 3.00. The summed E-state index contributed by atoms with van der Waals surface area (Å²) in [5.41, 5.74) is 0. The zero-order chi connectivity index (χ0) is 11.7. The topological polar surface area (TPSA) is 61.8 Å². The number of carbonyl (C=O) groups excluding carboxylic acids is 2. The molecule has 0 spiro atoms. The van der Waals surface area contributed by atoms with Crippen LogP contribution in [0.5, 0.6) is 0 Å². The van der Waals surface area contributed by atoms with Crippen molar-refractivity contribution >= 4 is 11.9 Å². The molecule has 0 aliphatic carbocycles. The number of carbonyl (C=O) groups is 2. The fraction of sp³-hybridized carbons (Fsp3) is 0.800. The van der Waals surface area contributed by atoms with Gasteiger partial charge in [0.1, 0.15) is 0 Å². The van der Waals surface area contributed by atoms with E-state index in [9.17, 15) is 9.59 Å². The van der Waals surface area contributed by atoms with Gasteiger partial charge in [-0.2, -0.15) is 0 Å². The lowest BCUT2D eigenvalue weighted by Gasteiger charge is -2.14. The summed E-state index contributed by atoms with van der Waals surface area (Å²) in [6, 6.07) is 0. The second-order valence-electron chi connectivity index (χ2n) is 3.00. The zero-order valence-corrected chi connectivity index (χ0v) is 9.45. The highest BCUT2D eigenvalue weighted by Crippen LogP contribution is 2.06. The molecule has 0 bridgehead atoms. The minimum atomic E-state index is -0.672. The van der Waals surface area contributed by atoms with Gasteiger partial charge in [0.2, 0.25) is 0 Å². The van der Waals surface area contributed by atoms with E-state index in [1.807, 2.05) is 6.92 Å². The molecule has 1 atom stereocenters. The monoisotopic (exact) mass is 218 g/mol. The summed E-state index contributed by atoms with van der Waals surface area (Å²) in [6.07, 6.45) is 0.583. The van der Waals surface area contributed by atoms with Crippen LogP contribution in [-0.2, 0) is 23.8 Å². The van der Waals surface area contributed by atoms with E-state index >= 15 is 0 Å². The van der Waals surface area contributed by atoms with Crippen LogP contribution in [0.3, 0.4) is 0 Å². The lowest BCUT2D eigenvalue weighted by molar-refractivity contribution is -0.155. The lowest BCUT2D eigenvalue weighted by atomic mass is 10.2. The lowest BCUT2D eigenvalue weighted by Crippen LogP contribution is -2.27. The van der Waals surface area contributed by atoms with Gasteiger partial charge in [-0.15, -0.1) is 0 Å². The maximum absolute atomic E-state index is 11.2. The van der Waals surface area contributed by atoms with Crippen molar-refractivity contribution in [2.24, 2.45) is 0 Å². The number of methoxy groups -OCH3 is 2. The second kappa shape index (κ2) is 8.23. The minimum absolute atomic E-state index is 0.153. The van der Waals surface area contributed by atoms with E-state index in [2.05, 4.69) is 9.47 Å². The van der Waals surface area contributed by atoms with E-state index < -0.39 is 12.1 Å². The van der Waals surface area contributed by atoms with Crippen LogP contribution in [0, 0.1) is 0 Å². The van der Waals surface area contributed by atoms with Gasteiger partial charge in [-0.3, -0.25) is 4.79 Å². The SMILES string of the molecule is CCCOC(CCC(=O)OC)C(=O)OC. The van der Waals surface area contributed by atoms with Crippen molar-refractivity contribution in [1.82, 2.24) is 0 Å². The van der Waals surface area contributed by atoms with Gasteiger partial charge in [-0.05, 0) is 12.8 Å². The van der Waals surface area contributed by atoms with Crippen LogP contribution >= 0.6 is 0 Å². The summed E-state index contributed by atoms with van der Waals surface area (Å²) >= 11 is 0. The number of esters is 2. The van der Waals surface area contributed by atoms with Gasteiger partial charge in [0.05, 0.1) is 14.2 Å². The maximum Gasteiger partial charge on any atom is 0.334 e. The molecule has 1 unspecified atom stereocenters. The van der Waals surface area contributed by atoms with Crippen LogP contribution in [-0.4, -0.2) is 38.9 Å². The summed E-state index contributed by atoms with van der Waals surface area (Å²) in [4.78, 5) is 22.1. The van der Waals surface area contributed by atoms with Gasteiger partial charge in [-0.25, -0.2) is 4.79 Å². The molecule has 0 aromatic carbocycles. The molecule has 0 saturated carbocycles. The first-order valence-electron chi connectivity index (χ1n) is 4.91. The van der Waals surface area contributed by atoms with Crippen LogP contribution in [0.15, 0.2) is 0 Å². The smallest absolute Gasteiger partial charge is 0.334 e. The molecule has 0 aromatic rings. The van der Waals surface area contributed by atoms with Crippen molar-refractivity contribution in [3.05, 3.63) is 0 Å². The first-order valence-corrected chi connectivity index (χ1v) is 4.91. The molecule has 0 aliphatic heterocycles. The third-order valence-corrected chi connectivity index (χ3v) is 1.83. The molecule has 0 aromatic heterocycles. The third kappa shape index (κ3) is 6.06. The number of rotatable bonds is 7. The quantitative estimate of drug-likeness (QED) is 0.594. The zero-order valence-electron chi connectivity index (χ0n) is 9.45. The van der Waals surface area contributed by atoms with Crippen molar-refractivity contribution in [3.8, 4) is 0 Å². The Morgan fingerprint density at radius 1 is 1.20 bits per heavy atom. The summed E-state index contributed by atoms with van der Waals surface area (Å²) in [5, 5.41) is 0. The van der Waals surface area contributed by atoms with Gasteiger partial charge in [-0.1, -0.05) is 6.92 Å². The average molecular weight is 218 g/mol.